The Labute approximate surface area is 146 Å². The smallest absolute Gasteiger partial charge is 0.394 e. The van der Waals surface area contributed by atoms with Crippen LogP contribution in [0.3, 0.4) is 0 Å². The highest BCUT2D eigenvalue weighted by atomic mass is 35.5. The van der Waals surface area contributed by atoms with Gasteiger partial charge in [-0.15, -0.1) is 0 Å². The van der Waals surface area contributed by atoms with Crippen molar-refractivity contribution in [1.29, 1.82) is 0 Å². The lowest BCUT2D eigenvalue weighted by molar-refractivity contribution is -0.384. The van der Waals surface area contributed by atoms with Crippen molar-refractivity contribution in [2.75, 3.05) is 11.9 Å². The summed E-state index contributed by atoms with van der Waals surface area (Å²) in [6, 6.07) is 9.62. The molecule has 2 aromatic rings. The molecular formula is C16H14ClF3N2O3. The van der Waals surface area contributed by atoms with Crippen molar-refractivity contribution >= 4 is 23.0 Å². The van der Waals surface area contributed by atoms with E-state index in [0.29, 0.717) is 12.5 Å². The molecule has 134 valence electrons. The van der Waals surface area contributed by atoms with Gasteiger partial charge in [-0.2, -0.15) is 13.2 Å². The molecule has 0 bridgehead atoms. The summed E-state index contributed by atoms with van der Waals surface area (Å²) in [5.74, 6) is 0. The molecular weight excluding hydrogens is 361 g/mol. The zero-order valence-electron chi connectivity index (χ0n) is 12.8. The number of halogens is 4. The van der Waals surface area contributed by atoms with Gasteiger partial charge in [0.25, 0.3) is 5.69 Å². The maximum absolute atomic E-state index is 12.9. The van der Waals surface area contributed by atoms with E-state index < -0.39 is 33.4 Å². The Bertz CT molecular complexity index is 754. The molecule has 0 saturated heterocycles. The summed E-state index contributed by atoms with van der Waals surface area (Å²) in [5, 5.41) is 22.7. The number of hydrogen-bond acceptors (Lipinski definition) is 4. The van der Waals surface area contributed by atoms with Gasteiger partial charge < -0.3 is 10.4 Å². The fourth-order valence-corrected chi connectivity index (χ4v) is 2.60. The van der Waals surface area contributed by atoms with E-state index in [4.69, 9.17) is 11.6 Å². The number of aliphatic hydroxyl groups excluding tert-OH is 1. The molecule has 1 unspecified atom stereocenters. The van der Waals surface area contributed by atoms with Crippen LogP contribution in [0.2, 0.25) is 5.02 Å². The molecule has 0 heterocycles. The molecule has 2 aromatic carbocycles. The molecule has 0 amide bonds. The summed E-state index contributed by atoms with van der Waals surface area (Å²) in [5.41, 5.74) is -1.37. The van der Waals surface area contributed by atoms with Gasteiger partial charge in [-0.1, -0.05) is 41.9 Å². The van der Waals surface area contributed by atoms with Crippen molar-refractivity contribution in [1.82, 2.24) is 0 Å². The Morgan fingerprint density at radius 3 is 2.40 bits per heavy atom. The van der Waals surface area contributed by atoms with Gasteiger partial charge in [-0.05, 0) is 18.1 Å². The van der Waals surface area contributed by atoms with E-state index in [9.17, 15) is 28.4 Å². The molecule has 0 radical (unpaired) electrons. The molecule has 5 nitrogen and oxygen atoms in total. The summed E-state index contributed by atoms with van der Waals surface area (Å²) in [6.07, 6.45) is -4.48. The third-order valence-corrected chi connectivity index (χ3v) is 3.81. The van der Waals surface area contributed by atoms with Crippen LogP contribution in [0, 0.1) is 10.1 Å². The molecule has 2 N–H and O–H groups in total. The van der Waals surface area contributed by atoms with Gasteiger partial charge >= 0.3 is 6.18 Å². The highest BCUT2D eigenvalue weighted by Gasteiger charge is 2.36. The van der Waals surface area contributed by atoms with E-state index >= 15 is 0 Å². The van der Waals surface area contributed by atoms with Gasteiger partial charge in [-0.3, -0.25) is 10.1 Å². The fraction of sp³-hybridized carbons (Fsp3) is 0.250. The number of nitro benzene ring substituents is 1. The number of nitrogens with one attached hydrogen (secondary N) is 1. The molecule has 0 aliphatic carbocycles. The van der Waals surface area contributed by atoms with E-state index in [0.717, 1.165) is 11.6 Å². The van der Waals surface area contributed by atoms with Crippen LogP contribution >= 0.6 is 11.6 Å². The summed E-state index contributed by atoms with van der Waals surface area (Å²) in [6.45, 7) is -0.370. The average Bonchev–Trinajstić information content (AvgIpc) is 2.53. The molecule has 0 fully saturated rings. The molecule has 1 atom stereocenters. The molecule has 25 heavy (non-hydrogen) atoms. The minimum Gasteiger partial charge on any atom is -0.394 e. The molecule has 0 spiro atoms. The number of rotatable bonds is 6. The summed E-state index contributed by atoms with van der Waals surface area (Å²) >= 11 is 5.63. The molecule has 0 aliphatic rings. The van der Waals surface area contributed by atoms with Gasteiger partial charge in [0.2, 0.25) is 0 Å². The second-order valence-electron chi connectivity index (χ2n) is 5.32. The van der Waals surface area contributed by atoms with E-state index in [1.165, 1.54) is 0 Å². The maximum Gasteiger partial charge on any atom is 0.418 e. The average molecular weight is 375 g/mol. The second-order valence-corrected chi connectivity index (χ2v) is 5.72. The lowest BCUT2D eigenvalue weighted by atomic mass is 10.1. The first-order valence-electron chi connectivity index (χ1n) is 7.19. The minimum absolute atomic E-state index is 0.182. The largest absolute Gasteiger partial charge is 0.418 e. The third-order valence-electron chi connectivity index (χ3n) is 3.49. The van der Waals surface area contributed by atoms with E-state index in [2.05, 4.69) is 5.32 Å². The summed E-state index contributed by atoms with van der Waals surface area (Å²) < 4.78 is 38.6. The van der Waals surface area contributed by atoms with Crippen LogP contribution in [0.25, 0.3) is 0 Å². The molecule has 0 aromatic heterocycles. The Balaban J connectivity index is 2.33. The Morgan fingerprint density at radius 2 is 1.88 bits per heavy atom. The van der Waals surface area contributed by atoms with Crippen LogP contribution in [0.5, 0.6) is 0 Å². The van der Waals surface area contributed by atoms with Crippen LogP contribution in [-0.4, -0.2) is 22.7 Å². The highest BCUT2D eigenvalue weighted by molar-refractivity contribution is 6.31. The quantitative estimate of drug-likeness (QED) is 0.584. The number of alkyl halides is 3. The van der Waals surface area contributed by atoms with Gasteiger partial charge in [-0.25, -0.2) is 0 Å². The van der Waals surface area contributed by atoms with Gasteiger partial charge in [0.15, 0.2) is 0 Å². The van der Waals surface area contributed by atoms with Crippen molar-refractivity contribution in [2.45, 2.75) is 18.6 Å². The predicted octanol–water partition coefficient (Wildman–Crippen LogP) is 4.28. The standard InChI is InChI=1S/C16H14ClF3N2O3/c17-13-8-14(15(22(24)25)7-12(13)16(18,19)20)21-11(9-23)6-10-4-2-1-3-5-10/h1-5,7-8,11,21,23H,6,9H2. The summed E-state index contributed by atoms with van der Waals surface area (Å²) in [4.78, 5) is 10.2. The number of hydrogen-bond donors (Lipinski definition) is 2. The number of benzene rings is 2. The topological polar surface area (TPSA) is 75.4 Å². The Kier molecular flexibility index (Phi) is 5.86. The lowest BCUT2D eigenvalue weighted by Gasteiger charge is -2.19. The van der Waals surface area contributed by atoms with E-state index in [1.807, 2.05) is 6.07 Å². The second kappa shape index (κ2) is 7.71. The lowest BCUT2D eigenvalue weighted by Crippen LogP contribution is -2.27. The first-order valence-corrected chi connectivity index (χ1v) is 7.56. The van der Waals surface area contributed by atoms with Crippen LogP contribution in [-0.2, 0) is 12.6 Å². The number of nitrogens with zero attached hydrogens (tertiary/aromatic N) is 1. The van der Waals surface area contributed by atoms with Crippen molar-refractivity contribution in [3.8, 4) is 0 Å². The zero-order chi connectivity index (χ0) is 18.6. The van der Waals surface area contributed by atoms with Crippen molar-refractivity contribution in [2.24, 2.45) is 0 Å². The van der Waals surface area contributed by atoms with Gasteiger partial charge in [0, 0.05) is 6.07 Å². The Morgan fingerprint density at radius 1 is 1.24 bits per heavy atom. The molecule has 2 rings (SSSR count). The highest BCUT2D eigenvalue weighted by Crippen LogP contribution is 2.40. The van der Waals surface area contributed by atoms with Crippen LogP contribution < -0.4 is 5.32 Å². The van der Waals surface area contributed by atoms with Crippen LogP contribution in [0.1, 0.15) is 11.1 Å². The first-order chi connectivity index (χ1) is 11.7. The molecule has 0 saturated carbocycles. The minimum atomic E-state index is -4.80. The SMILES string of the molecule is O=[N+]([O-])c1cc(C(F)(F)F)c(Cl)cc1NC(CO)Cc1ccccc1. The first kappa shape index (κ1) is 19.0. The molecule has 0 aliphatic heterocycles. The van der Waals surface area contributed by atoms with E-state index in [1.54, 1.807) is 24.3 Å². The zero-order valence-corrected chi connectivity index (χ0v) is 13.5. The summed E-state index contributed by atoms with van der Waals surface area (Å²) in [7, 11) is 0. The van der Waals surface area contributed by atoms with E-state index in [-0.39, 0.29) is 12.3 Å². The number of anilines is 1. The van der Waals surface area contributed by atoms with Crippen molar-refractivity contribution in [3.05, 3.63) is 68.7 Å². The maximum atomic E-state index is 12.9. The van der Waals surface area contributed by atoms with Gasteiger partial charge in [0.05, 0.1) is 28.2 Å². The Hall–Kier alpha value is -2.32. The fourth-order valence-electron chi connectivity index (χ4n) is 2.33. The predicted molar refractivity (Wildman–Crippen MR) is 87.8 cm³/mol. The molecule has 9 heteroatoms. The number of nitro groups is 1. The van der Waals surface area contributed by atoms with Crippen molar-refractivity contribution < 1.29 is 23.2 Å². The van der Waals surface area contributed by atoms with Crippen molar-refractivity contribution in [3.63, 3.8) is 0 Å². The number of aliphatic hydroxyl groups is 1. The monoisotopic (exact) mass is 374 g/mol. The third kappa shape index (κ3) is 4.83. The van der Waals surface area contributed by atoms with Crippen LogP contribution in [0.15, 0.2) is 42.5 Å². The van der Waals surface area contributed by atoms with Gasteiger partial charge in [0.1, 0.15) is 5.69 Å². The van der Waals surface area contributed by atoms with Crippen LogP contribution in [0.4, 0.5) is 24.5 Å². The normalized spacial score (nSPS) is 12.7.